The van der Waals surface area contributed by atoms with E-state index in [1.54, 1.807) is 0 Å². The molecule has 0 aliphatic carbocycles. The molecule has 0 atom stereocenters. The molecular weight excluding hydrogens is 359 g/mol. The second-order valence-electron chi connectivity index (χ2n) is 0.143. The second kappa shape index (κ2) is 6.02. The molecule has 0 aromatic carbocycles. The van der Waals surface area contributed by atoms with E-state index in [9.17, 15) is 0 Å². The third-order valence-corrected chi connectivity index (χ3v) is 0. The summed E-state index contributed by atoms with van der Waals surface area (Å²) in [4.78, 5) is 0. The van der Waals surface area contributed by atoms with Gasteiger partial charge in [0.2, 0.25) is 0 Å². The van der Waals surface area contributed by atoms with Crippen molar-refractivity contribution in [1.29, 1.82) is 0 Å². The molecule has 0 radical (unpaired) electrons. The van der Waals surface area contributed by atoms with E-state index in [0.29, 0.717) is 0 Å². The molecule has 0 aliphatic heterocycles. The maximum atomic E-state index is 3.23. The number of hydrogen-bond acceptors (Lipinski definition) is 0. The Morgan fingerprint density at radius 3 is 1.00 bits per heavy atom. The molecule has 0 aliphatic rings. The Labute approximate surface area is 55.8 Å². The van der Waals surface area contributed by atoms with Crippen LogP contribution in [0.4, 0.5) is 0 Å². The summed E-state index contributed by atoms with van der Waals surface area (Å²) in [6, 6.07) is 0. The van der Waals surface area contributed by atoms with Gasteiger partial charge in [-0.15, -0.1) is 0 Å². The van der Waals surface area contributed by atoms with E-state index >= 15 is 0 Å². The van der Waals surface area contributed by atoms with Gasteiger partial charge in [-0.1, -0.05) is 0 Å². The van der Waals surface area contributed by atoms with Gasteiger partial charge in [0.05, 0.1) is 0 Å². The van der Waals surface area contributed by atoms with Crippen molar-refractivity contribution in [3.8, 4) is 0 Å². The average molecular weight is 361 g/mol. The normalized spacial score (nSPS) is 9.00. The molecule has 0 saturated carbocycles. The van der Waals surface area contributed by atoms with E-state index in [0.717, 1.165) is 0 Å². The molecule has 1 nitrogen and oxygen atoms in total. The molecule has 0 amide bonds. The molecule has 0 aromatic rings. The van der Waals surface area contributed by atoms with Crippen LogP contribution >= 0.6 is 40.9 Å². The van der Waals surface area contributed by atoms with Crippen molar-refractivity contribution in [2.75, 3.05) is 0 Å². The Balaban J connectivity index is 0. The summed E-state index contributed by atoms with van der Waals surface area (Å²) in [6.45, 7) is 0. The Kier molecular flexibility index (Phi) is 12.2. The number of halogens is 3. The zero-order valence-corrected chi connectivity index (χ0v) is 8.36. The van der Waals surface area contributed by atoms with Gasteiger partial charge in [0, 0.05) is 0 Å². The van der Waals surface area contributed by atoms with Gasteiger partial charge >= 0.3 is 50.9 Å². The topological polar surface area (TPSA) is 31.5 Å². The molecule has 0 heterocycles. The average Bonchev–Trinajstić information content (AvgIpc) is 0.811. The van der Waals surface area contributed by atoms with Crippen molar-refractivity contribution in [3.63, 3.8) is 0 Å². The standard InChI is InChI=1S/3BrH.H2O.Rh/h3*1H;1H2;/q;;;;+3/p-3. The molecule has 0 spiro atoms. The van der Waals surface area contributed by atoms with Crippen molar-refractivity contribution < 1.29 is 15.5 Å². The fraction of sp³-hybridized carbons (Fsp3) is 0. The van der Waals surface area contributed by atoms with Crippen molar-refractivity contribution in [3.05, 3.63) is 0 Å². The summed E-state index contributed by atoms with van der Waals surface area (Å²) in [5, 5.41) is 0. The van der Waals surface area contributed by atoms with Crippen LogP contribution in [0, 0.1) is 0 Å². The van der Waals surface area contributed by atoms with Crippen molar-refractivity contribution in [2.45, 2.75) is 0 Å². The van der Waals surface area contributed by atoms with Crippen LogP contribution in [0.2, 0.25) is 0 Å². The number of rotatable bonds is 0. The summed E-state index contributed by atoms with van der Waals surface area (Å²) < 4.78 is 0. The van der Waals surface area contributed by atoms with Gasteiger partial charge in [0.15, 0.2) is 0 Å². The van der Waals surface area contributed by atoms with Gasteiger partial charge < -0.3 is 5.48 Å². The fourth-order valence-corrected chi connectivity index (χ4v) is 0. The molecule has 0 aromatic heterocycles. The third-order valence-electron chi connectivity index (χ3n) is 0. The van der Waals surface area contributed by atoms with Gasteiger partial charge in [-0.2, -0.15) is 0 Å². The Morgan fingerprint density at radius 1 is 1.00 bits per heavy atom. The first-order valence-electron chi connectivity index (χ1n) is 0.378. The van der Waals surface area contributed by atoms with Gasteiger partial charge in [-0.25, -0.2) is 0 Å². The minimum absolute atomic E-state index is 0. The molecule has 0 rings (SSSR count). The Hall–Kier alpha value is 2.02. The van der Waals surface area contributed by atoms with Crippen LogP contribution in [0.5, 0.6) is 0 Å². The van der Waals surface area contributed by atoms with E-state index in [4.69, 9.17) is 0 Å². The van der Waals surface area contributed by atoms with Crippen LogP contribution in [-0.4, -0.2) is 5.48 Å². The maximum absolute atomic E-state index is 3.23. The van der Waals surface area contributed by atoms with Crippen LogP contribution in [0.25, 0.3) is 0 Å². The first kappa shape index (κ1) is 10.1. The van der Waals surface area contributed by atoms with Crippen molar-refractivity contribution >= 4 is 40.9 Å². The molecule has 2 N–H and O–H groups in total. The van der Waals surface area contributed by atoms with Crippen molar-refractivity contribution in [1.82, 2.24) is 0 Å². The summed E-state index contributed by atoms with van der Waals surface area (Å²) in [6.07, 6.45) is 0. The van der Waals surface area contributed by atoms with E-state index in [1.165, 1.54) is 0 Å². The molecule has 5 heavy (non-hydrogen) atoms. The first-order chi connectivity index (χ1) is 1.73. The molecule has 0 saturated heterocycles. The Morgan fingerprint density at radius 2 is 1.00 bits per heavy atom. The second-order valence-corrected chi connectivity index (χ2v) is 22.8. The fourth-order valence-electron chi connectivity index (χ4n) is 0. The van der Waals surface area contributed by atoms with Gasteiger partial charge in [0.25, 0.3) is 0 Å². The summed E-state index contributed by atoms with van der Waals surface area (Å²) >= 11 is 9.70. The summed E-state index contributed by atoms with van der Waals surface area (Å²) in [7, 11) is -0.639. The van der Waals surface area contributed by atoms with E-state index < -0.39 is 10.1 Å². The molecule has 0 fully saturated rings. The Bertz CT molecular complexity index is 11.6. The molecule has 38 valence electrons. The predicted molar refractivity (Wildman–Crippen MR) is 30.4 cm³/mol. The zero-order valence-electron chi connectivity index (χ0n) is 1.97. The monoisotopic (exact) mass is 358 g/mol. The minimum atomic E-state index is -0.639. The zero-order chi connectivity index (χ0) is 3.58. The van der Waals surface area contributed by atoms with Gasteiger partial charge in [0.1, 0.15) is 0 Å². The molecular formula is H2Br3ORh. The molecule has 0 bridgehead atoms. The van der Waals surface area contributed by atoms with Crippen LogP contribution in [-0.2, 0) is 10.1 Å². The van der Waals surface area contributed by atoms with Gasteiger partial charge in [-0.3, -0.25) is 0 Å². The van der Waals surface area contributed by atoms with Crippen LogP contribution in [0.1, 0.15) is 0 Å². The summed E-state index contributed by atoms with van der Waals surface area (Å²) in [5.74, 6) is 0. The SMILES string of the molecule is O.[Br][Rh]([Br])[Br]. The van der Waals surface area contributed by atoms with Gasteiger partial charge in [-0.05, 0) is 0 Å². The third kappa shape index (κ3) is 23.8. The molecule has 0 unspecified atom stereocenters. The van der Waals surface area contributed by atoms with Crippen LogP contribution in [0.15, 0.2) is 0 Å². The summed E-state index contributed by atoms with van der Waals surface area (Å²) in [5.41, 5.74) is 0. The van der Waals surface area contributed by atoms with E-state index in [2.05, 4.69) is 40.9 Å². The quantitative estimate of drug-likeness (QED) is 0.589. The molecule has 5 heteroatoms. The van der Waals surface area contributed by atoms with Crippen LogP contribution in [0.3, 0.4) is 0 Å². The predicted octanol–water partition coefficient (Wildman–Crippen LogP) is 1.71. The first-order valence-corrected chi connectivity index (χ1v) is 11.6. The van der Waals surface area contributed by atoms with E-state index in [1.807, 2.05) is 0 Å². The number of hydrogen-bond donors (Lipinski definition) is 0. The van der Waals surface area contributed by atoms with Crippen LogP contribution < -0.4 is 0 Å². The van der Waals surface area contributed by atoms with Crippen molar-refractivity contribution in [2.24, 2.45) is 0 Å². The van der Waals surface area contributed by atoms with E-state index in [-0.39, 0.29) is 5.48 Å².